The maximum absolute atomic E-state index is 5.56. The fourth-order valence-corrected chi connectivity index (χ4v) is 3.87. The van der Waals surface area contributed by atoms with Crippen molar-refractivity contribution in [3.8, 4) is 0 Å². The average Bonchev–Trinajstić information content (AvgIpc) is 2.80. The van der Waals surface area contributed by atoms with E-state index in [0.29, 0.717) is 0 Å². The summed E-state index contributed by atoms with van der Waals surface area (Å²) in [6.45, 7) is 19.0. The fourth-order valence-electron chi connectivity index (χ4n) is 3.87. The van der Waals surface area contributed by atoms with E-state index < -0.39 is 0 Å². The van der Waals surface area contributed by atoms with Crippen molar-refractivity contribution in [2.24, 2.45) is 17.4 Å². The molecule has 2 aliphatic rings. The highest BCUT2D eigenvalue weighted by atomic mass is 15.1. The summed E-state index contributed by atoms with van der Waals surface area (Å²) < 4.78 is 0. The summed E-state index contributed by atoms with van der Waals surface area (Å²) in [4.78, 5) is 4.93. The largest absolute Gasteiger partial charge is 0.329 e. The Balaban J connectivity index is 0.000000488. The highest BCUT2D eigenvalue weighted by Crippen LogP contribution is 2.27. The SMILES string of the molecule is CC.CC.CC1CCN(CCN)CC1.NCCN1CCC(c2ccccc2)CC1. The predicted octanol–water partition coefficient (Wildman–Crippen LogP) is 4.55. The normalized spacial score (nSPS) is 18.4. The predicted molar refractivity (Wildman–Crippen MR) is 130 cm³/mol. The average molecular weight is 407 g/mol. The fraction of sp³-hybridized carbons (Fsp3) is 0.760. The van der Waals surface area contributed by atoms with Crippen molar-refractivity contribution in [3.05, 3.63) is 35.9 Å². The molecule has 0 amide bonds. The summed E-state index contributed by atoms with van der Waals surface area (Å²) in [7, 11) is 0. The molecule has 4 heteroatoms. The minimum atomic E-state index is 0.764. The van der Waals surface area contributed by atoms with Gasteiger partial charge in [-0.05, 0) is 69.3 Å². The Hall–Kier alpha value is -0.940. The third kappa shape index (κ3) is 12.4. The Bertz CT molecular complexity index is 435. The van der Waals surface area contributed by atoms with E-state index in [1.807, 2.05) is 27.7 Å². The minimum Gasteiger partial charge on any atom is -0.329 e. The quantitative estimate of drug-likeness (QED) is 0.753. The van der Waals surface area contributed by atoms with Crippen LogP contribution in [-0.2, 0) is 0 Å². The first-order chi connectivity index (χ1) is 14.2. The van der Waals surface area contributed by atoms with Crippen LogP contribution >= 0.6 is 0 Å². The topological polar surface area (TPSA) is 58.5 Å². The highest BCUT2D eigenvalue weighted by Gasteiger charge is 2.19. The molecule has 0 bridgehead atoms. The summed E-state index contributed by atoms with van der Waals surface area (Å²) >= 11 is 0. The molecule has 0 unspecified atom stereocenters. The van der Waals surface area contributed by atoms with Crippen LogP contribution in [0.25, 0.3) is 0 Å². The van der Waals surface area contributed by atoms with Crippen molar-refractivity contribution >= 4 is 0 Å². The van der Waals surface area contributed by atoms with Crippen molar-refractivity contribution < 1.29 is 0 Å². The van der Waals surface area contributed by atoms with Gasteiger partial charge in [-0.1, -0.05) is 65.0 Å². The van der Waals surface area contributed by atoms with Gasteiger partial charge >= 0.3 is 0 Å². The van der Waals surface area contributed by atoms with Crippen molar-refractivity contribution in [3.63, 3.8) is 0 Å². The first kappa shape index (κ1) is 28.1. The molecule has 4 nitrogen and oxygen atoms in total. The Kier molecular flexibility index (Phi) is 18.4. The third-order valence-corrected chi connectivity index (χ3v) is 5.63. The maximum atomic E-state index is 5.56. The molecule has 2 heterocycles. The molecule has 0 aromatic heterocycles. The Morgan fingerprint density at radius 3 is 1.55 bits per heavy atom. The van der Waals surface area contributed by atoms with Crippen molar-refractivity contribution in [2.45, 2.75) is 66.2 Å². The number of rotatable bonds is 5. The first-order valence-electron chi connectivity index (χ1n) is 12.1. The van der Waals surface area contributed by atoms with Gasteiger partial charge in [-0.25, -0.2) is 0 Å². The van der Waals surface area contributed by atoms with Gasteiger partial charge in [-0.15, -0.1) is 0 Å². The lowest BCUT2D eigenvalue weighted by Gasteiger charge is -2.31. The molecular weight excluding hydrogens is 356 g/mol. The number of nitrogens with two attached hydrogens (primary N) is 2. The van der Waals surface area contributed by atoms with Crippen LogP contribution in [0, 0.1) is 5.92 Å². The third-order valence-electron chi connectivity index (χ3n) is 5.63. The molecule has 29 heavy (non-hydrogen) atoms. The van der Waals surface area contributed by atoms with E-state index in [9.17, 15) is 0 Å². The van der Waals surface area contributed by atoms with Crippen LogP contribution in [0.15, 0.2) is 30.3 Å². The van der Waals surface area contributed by atoms with E-state index in [2.05, 4.69) is 47.1 Å². The van der Waals surface area contributed by atoms with E-state index >= 15 is 0 Å². The van der Waals surface area contributed by atoms with Crippen LogP contribution in [0.1, 0.15) is 71.8 Å². The number of hydrogen-bond acceptors (Lipinski definition) is 4. The maximum Gasteiger partial charge on any atom is 0.0105 e. The zero-order chi connectivity index (χ0) is 21.9. The van der Waals surface area contributed by atoms with Crippen molar-refractivity contribution in [1.29, 1.82) is 0 Å². The molecule has 4 N–H and O–H groups in total. The Morgan fingerprint density at radius 1 is 0.724 bits per heavy atom. The molecule has 0 atom stereocenters. The van der Waals surface area contributed by atoms with Crippen molar-refractivity contribution in [2.75, 3.05) is 52.4 Å². The second-order valence-corrected chi connectivity index (χ2v) is 7.63. The monoisotopic (exact) mass is 406 g/mol. The zero-order valence-electron chi connectivity index (χ0n) is 20.1. The number of nitrogens with zero attached hydrogens (tertiary/aromatic N) is 2. The zero-order valence-corrected chi connectivity index (χ0v) is 20.1. The van der Waals surface area contributed by atoms with E-state index in [0.717, 1.165) is 38.0 Å². The number of likely N-dealkylation sites (tertiary alicyclic amines) is 2. The number of benzene rings is 1. The molecule has 2 fully saturated rings. The molecule has 170 valence electrons. The summed E-state index contributed by atoms with van der Waals surface area (Å²) in [6.07, 6.45) is 5.29. The Morgan fingerprint density at radius 2 is 1.14 bits per heavy atom. The molecule has 1 aromatic carbocycles. The second kappa shape index (κ2) is 19.0. The highest BCUT2D eigenvalue weighted by molar-refractivity contribution is 5.19. The number of hydrogen-bond donors (Lipinski definition) is 2. The van der Waals surface area contributed by atoms with Crippen LogP contribution in [0.2, 0.25) is 0 Å². The molecule has 2 saturated heterocycles. The molecule has 0 spiro atoms. The molecule has 0 saturated carbocycles. The molecular formula is C25H50N4. The van der Waals surface area contributed by atoms with Crippen LogP contribution in [0.3, 0.4) is 0 Å². The van der Waals surface area contributed by atoms with E-state index in [1.165, 1.54) is 57.4 Å². The summed E-state index contributed by atoms with van der Waals surface area (Å²) in [6, 6.07) is 10.9. The van der Waals surface area contributed by atoms with Crippen LogP contribution < -0.4 is 11.5 Å². The Labute approximate surface area is 182 Å². The number of piperidine rings is 2. The van der Waals surface area contributed by atoms with Gasteiger partial charge in [0.2, 0.25) is 0 Å². The first-order valence-corrected chi connectivity index (χ1v) is 12.1. The molecule has 0 radical (unpaired) electrons. The summed E-state index contributed by atoms with van der Waals surface area (Å²) in [5, 5.41) is 0. The van der Waals surface area contributed by atoms with Crippen LogP contribution in [-0.4, -0.2) is 62.2 Å². The van der Waals surface area contributed by atoms with E-state index in [-0.39, 0.29) is 0 Å². The van der Waals surface area contributed by atoms with Gasteiger partial charge in [0.25, 0.3) is 0 Å². The van der Waals surface area contributed by atoms with Gasteiger partial charge in [-0.3, -0.25) is 0 Å². The summed E-state index contributed by atoms with van der Waals surface area (Å²) in [5.74, 6) is 1.70. The van der Waals surface area contributed by atoms with Gasteiger partial charge in [0.15, 0.2) is 0 Å². The van der Waals surface area contributed by atoms with Crippen LogP contribution in [0.4, 0.5) is 0 Å². The summed E-state index contributed by atoms with van der Waals surface area (Å²) in [5.41, 5.74) is 12.5. The van der Waals surface area contributed by atoms with Gasteiger partial charge in [0.1, 0.15) is 0 Å². The standard InChI is InChI=1S/C13H20N2.C8H18N2.2C2H6/c14-8-11-15-9-6-13(7-10-15)12-4-2-1-3-5-12;1-8-2-5-10(6-3-8)7-4-9;2*1-2/h1-5,13H,6-11,14H2;8H,2-7,9H2,1H3;2*1-2H3. The van der Waals surface area contributed by atoms with Gasteiger partial charge in [0, 0.05) is 26.2 Å². The lowest BCUT2D eigenvalue weighted by atomic mass is 9.89. The lowest BCUT2D eigenvalue weighted by molar-refractivity contribution is 0.197. The van der Waals surface area contributed by atoms with Crippen LogP contribution in [0.5, 0.6) is 0 Å². The minimum absolute atomic E-state index is 0.764. The molecule has 0 aliphatic carbocycles. The van der Waals surface area contributed by atoms with Crippen molar-refractivity contribution in [1.82, 2.24) is 9.80 Å². The second-order valence-electron chi connectivity index (χ2n) is 7.63. The van der Waals surface area contributed by atoms with E-state index in [4.69, 9.17) is 11.5 Å². The van der Waals surface area contributed by atoms with E-state index in [1.54, 1.807) is 0 Å². The molecule has 1 aromatic rings. The molecule has 3 rings (SSSR count). The molecule has 2 aliphatic heterocycles. The van der Waals surface area contributed by atoms with Gasteiger partial charge in [-0.2, -0.15) is 0 Å². The van der Waals surface area contributed by atoms with Gasteiger partial charge < -0.3 is 21.3 Å². The lowest BCUT2D eigenvalue weighted by Crippen LogP contribution is -2.36. The van der Waals surface area contributed by atoms with Gasteiger partial charge in [0.05, 0.1) is 0 Å². The smallest absolute Gasteiger partial charge is 0.0105 e.